The fourth-order valence-corrected chi connectivity index (χ4v) is 4.80. The molecule has 0 spiro atoms. The van der Waals surface area contributed by atoms with Crippen LogP contribution in [-0.4, -0.2) is 71.9 Å². The second kappa shape index (κ2) is 8.67. The van der Waals surface area contributed by atoms with Gasteiger partial charge >= 0.3 is 0 Å². The van der Waals surface area contributed by atoms with Gasteiger partial charge < -0.3 is 18.9 Å². The minimum Gasteiger partial charge on any atom is -0.367 e. The number of ether oxygens (including phenoxy) is 4. The van der Waals surface area contributed by atoms with Crippen LogP contribution in [0.5, 0.6) is 0 Å². The number of hydrogen-bond donors (Lipinski definition) is 0. The molecule has 2 aliphatic heterocycles. The van der Waals surface area contributed by atoms with Crippen LogP contribution in [0.4, 0.5) is 0 Å². The minimum atomic E-state index is -3.91. The Hall–Kier alpha value is -1.12. The zero-order chi connectivity index (χ0) is 23.1. The third-order valence-corrected chi connectivity index (χ3v) is 6.17. The summed E-state index contributed by atoms with van der Waals surface area (Å²) in [5.74, 6) is -0.978. The maximum Gasteiger partial charge on any atom is 0.264 e. The van der Waals surface area contributed by atoms with E-state index in [9.17, 15) is 16.8 Å². The molecule has 0 unspecified atom stereocenters. The first-order valence-electron chi connectivity index (χ1n) is 9.62. The van der Waals surface area contributed by atoms with Crippen molar-refractivity contribution in [3.05, 3.63) is 35.9 Å². The molecule has 176 valence electrons. The Labute approximate surface area is 183 Å². The molecule has 1 aromatic rings. The van der Waals surface area contributed by atoms with Crippen molar-refractivity contribution in [2.75, 3.05) is 19.1 Å². The predicted molar refractivity (Wildman–Crippen MR) is 109 cm³/mol. The smallest absolute Gasteiger partial charge is 0.264 e. The van der Waals surface area contributed by atoms with E-state index in [0.717, 1.165) is 18.1 Å². The lowest BCUT2D eigenvalue weighted by molar-refractivity contribution is -0.264. The van der Waals surface area contributed by atoms with Gasteiger partial charge in [-0.25, -0.2) is 0 Å². The van der Waals surface area contributed by atoms with E-state index in [1.165, 1.54) is 6.92 Å². The monoisotopic (exact) mass is 480 g/mol. The second-order valence-corrected chi connectivity index (χ2v) is 11.4. The van der Waals surface area contributed by atoms with Crippen LogP contribution in [-0.2, 0) is 54.2 Å². The Bertz CT molecular complexity index is 976. The van der Waals surface area contributed by atoms with Gasteiger partial charge in [0.05, 0.1) is 19.1 Å². The largest absolute Gasteiger partial charge is 0.367 e. The van der Waals surface area contributed by atoms with Gasteiger partial charge in [0, 0.05) is 0 Å². The van der Waals surface area contributed by atoms with Crippen LogP contribution < -0.4 is 0 Å². The van der Waals surface area contributed by atoms with Crippen LogP contribution in [0.3, 0.4) is 0 Å². The molecule has 12 heteroatoms. The zero-order valence-electron chi connectivity index (χ0n) is 18.0. The SMILES string of the molecule is C[C@@H](OS(C)(=O)=O)[C@@]1(COS(C)(=O)=O)O[C@@H]2OC(C)(C)O[C@@H]2[C@H]1OCc1ccccc1. The van der Waals surface area contributed by atoms with Gasteiger partial charge in [0.15, 0.2) is 17.7 Å². The molecule has 2 fully saturated rings. The molecule has 0 bridgehead atoms. The molecule has 2 aliphatic rings. The quantitative estimate of drug-likeness (QED) is 0.476. The Morgan fingerprint density at radius 3 is 2.23 bits per heavy atom. The molecule has 3 rings (SSSR count). The molecule has 0 aromatic heterocycles. The average molecular weight is 481 g/mol. The number of benzene rings is 1. The topological polar surface area (TPSA) is 124 Å². The van der Waals surface area contributed by atoms with Gasteiger partial charge in [-0.3, -0.25) is 8.37 Å². The lowest BCUT2D eigenvalue weighted by atomic mass is 9.90. The molecule has 0 saturated carbocycles. The van der Waals surface area contributed by atoms with Crippen LogP contribution in [0.2, 0.25) is 0 Å². The van der Waals surface area contributed by atoms with E-state index >= 15 is 0 Å². The summed E-state index contributed by atoms with van der Waals surface area (Å²) in [5, 5.41) is 0. The standard InChI is InChI=1S/C19H28O10S2/c1-13(29-31(5,22)23)19(12-25-30(4,20)21)16(24-11-14-9-7-6-8-10-14)15-17(28-19)27-18(2,3)26-15/h6-10,13,15-17H,11-12H2,1-5H3/t13-,15-,16-,17+,19-/m1/s1. The third-order valence-electron chi connectivity index (χ3n) is 4.98. The molecule has 2 heterocycles. The number of rotatable bonds is 9. The Balaban J connectivity index is 1.97. The molecule has 2 saturated heterocycles. The van der Waals surface area contributed by atoms with Crippen molar-refractivity contribution in [1.29, 1.82) is 0 Å². The molecule has 0 N–H and O–H groups in total. The summed E-state index contributed by atoms with van der Waals surface area (Å²) >= 11 is 0. The van der Waals surface area contributed by atoms with E-state index in [1.807, 2.05) is 30.3 Å². The van der Waals surface area contributed by atoms with Gasteiger partial charge in [0.2, 0.25) is 0 Å². The second-order valence-electron chi connectivity index (χ2n) is 8.17. The maximum atomic E-state index is 11.8. The summed E-state index contributed by atoms with van der Waals surface area (Å²) < 4.78 is 81.3. The van der Waals surface area contributed by atoms with Gasteiger partial charge in [0.1, 0.15) is 24.9 Å². The average Bonchev–Trinajstić information content (AvgIpc) is 3.06. The molecule has 0 amide bonds. The Morgan fingerprint density at radius 2 is 1.65 bits per heavy atom. The van der Waals surface area contributed by atoms with Crippen LogP contribution in [0.25, 0.3) is 0 Å². The normalized spacial score (nSPS) is 31.5. The predicted octanol–water partition coefficient (Wildman–Crippen LogP) is 1.16. The summed E-state index contributed by atoms with van der Waals surface area (Å²) in [6, 6.07) is 9.27. The lowest BCUT2D eigenvalue weighted by Gasteiger charge is -2.39. The van der Waals surface area contributed by atoms with Crippen molar-refractivity contribution in [3.8, 4) is 0 Å². The van der Waals surface area contributed by atoms with E-state index in [1.54, 1.807) is 13.8 Å². The first-order valence-corrected chi connectivity index (χ1v) is 13.3. The summed E-state index contributed by atoms with van der Waals surface area (Å²) in [7, 11) is -7.80. The molecule has 31 heavy (non-hydrogen) atoms. The van der Waals surface area contributed by atoms with Crippen LogP contribution in [0.15, 0.2) is 30.3 Å². The fraction of sp³-hybridized carbons (Fsp3) is 0.684. The number of hydrogen-bond acceptors (Lipinski definition) is 10. The van der Waals surface area contributed by atoms with Crippen molar-refractivity contribution < 1.29 is 44.1 Å². The van der Waals surface area contributed by atoms with E-state index in [-0.39, 0.29) is 6.61 Å². The first-order chi connectivity index (χ1) is 14.2. The van der Waals surface area contributed by atoms with E-state index in [2.05, 4.69) is 0 Å². The van der Waals surface area contributed by atoms with Gasteiger partial charge in [-0.05, 0) is 26.3 Å². The number of fused-ring (bicyclic) bond motifs is 1. The molecule has 5 atom stereocenters. The van der Waals surface area contributed by atoms with Crippen LogP contribution >= 0.6 is 0 Å². The lowest BCUT2D eigenvalue weighted by Crippen LogP contribution is -2.58. The third kappa shape index (κ3) is 6.02. The van der Waals surface area contributed by atoms with Crippen molar-refractivity contribution in [3.63, 3.8) is 0 Å². The summed E-state index contributed by atoms with van der Waals surface area (Å²) in [4.78, 5) is 0. The highest BCUT2D eigenvalue weighted by molar-refractivity contribution is 7.86. The van der Waals surface area contributed by atoms with Gasteiger partial charge in [-0.2, -0.15) is 16.8 Å². The van der Waals surface area contributed by atoms with Crippen LogP contribution in [0.1, 0.15) is 26.3 Å². The summed E-state index contributed by atoms with van der Waals surface area (Å²) in [5.41, 5.74) is -0.800. The van der Waals surface area contributed by atoms with Crippen molar-refractivity contribution in [2.24, 2.45) is 0 Å². The summed E-state index contributed by atoms with van der Waals surface area (Å²) in [6.45, 7) is 4.43. The van der Waals surface area contributed by atoms with Gasteiger partial charge in [-0.15, -0.1) is 0 Å². The fourth-order valence-electron chi connectivity index (χ4n) is 3.71. The molecular formula is C19H28O10S2. The summed E-state index contributed by atoms with van der Waals surface area (Å²) in [6.07, 6.45) is -2.07. The maximum absolute atomic E-state index is 11.8. The Morgan fingerprint density at radius 1 is 1.00 bits per heavy atom. The van der Waals surface area contributed by atoms with Gasteiger partial charge in [0.25, 0.3) is 20.2 Å². The van der Waals surface area contributed by atoms with Gasteiger partial charge in [-0.1, -0.05) is 30.3 Å². The molecule has 0 radical (unpaired) electrons. The van der Waals surface area contributed by atoms with E-state index in [4.69, 9.17) is 27.3 Å². The highest BCUT2D eigenvalue weighted by Crippen LogP contribution is 2.46. The highest BCUT2D eigenvalue weighted by Gasteiger charge is 2.65. The minimum absolute atomic E-state index is 0.133. The van der Waals surface area contributed by atoms with Crippen LogP contribution in [0, 0.1) is 0 Å². The molecule has 1 aromatic carbocycles. The molecule has 0 aliphatic carbocycles. The first kappa shape index (κ1) is 24.5. The Kier molecular flexibility index (Phi) is 6.86. The zero-order valence-corrected chi connectivity index (χ0v) is 19.6. The molecule has 10 nitrogen and oxygen atoms in total. The van der Waals surface area contributed by atoms with Crippen molar-refractivity contribution >= 4 is 20.2 Å². The highest BCUT2D eigenvalue weighted by atomic mass is 32.2. The van der Waals surface area contributed by atoms with E-state index in [0.29, 0.717) is 0 Å². The van der Waals surface area contributed by atoms with Crippen molar-refractivity contribution in [2.45, 2.75) is 63.4 Å². The molecular weight excluding hydrogens is 452 g/mol. The van der Waals surface area contributed by atoms with E-state index < -0.39 is 62.8 Å². The van der Waals surface area contributed by atoms with Crippen molar-refractivity contribution in [1.82, 2.24) is 0 Å².